The third-order valence-corrected chi connectivity index (χ3v) is 20.3. The molecular weight excluding hydrogens is 1130 g/mol. The third-order valence-electron chi connectivity index (χ3n) is 20.3. The van der Waals surface area contributed by atoms with Crippen LogP contribution in [0.15, 0.2) is 24.3 Å². The molecule has 0 aliphatic heterocycles. The van der Waals surface area contributed by atoms with Crippen LogP contribution in [0.25, 0.3) is 0 Å². The fourth-order valence-corrected chi connectivity index (χ4v) is 13.8. The molecule has 3 N–H and O–H groups in total. The molecule has 0 spiro atoms. The second kappa shape index (κ2) is 81.8. The molecule has 546 valence electrons. The maximum Gasteiger partial charge on any atom is 0.305 e. The highest BCUT2D eigenvalue weighted by molar-refractivity contribution is 5.76. The fraction of sp³-hybridized carbons (Fsp3) is 0.930. The Morgan fingerprint density at radius 3 is 0.826 bits per heavy atom. The van der Waals surface area contributed by atoms with E-state index in [2.05, 4.69) is 43.5 Å². The average molecular weight is 1300 g/mol. The number of nitrogens with one attached hydrogen (secondary N) is 1. The van der Waals surface area contributed by atoms with Gasteiger partial charge in [-0.05, 0) is 57.8 Å². The molecule has 0 heterocycles. The van der Waals surface area contributed by atoms with E-state index in [1.807, 2.05) is 0 Å². The summed E-state index contributed by atoms with van der Waals surface area (Å²) in [6.45, 7) is 5.01. The van der Waals surface area contributed by atoms with Gasteiger partial charge in [0, 0.05) is 12.8 Å². The van der Waals surface area contributed by atoms with Gasteiger partial charge in [-0.3, -0.25) is 9.59 Å². The molecule has 0 saturated heterocycles. The second-order valence-electron chi connectivity index (χ2n) is 29.5. The van der Waals surface area contributed by atoms with Gasteiger partial charge in [0.25, 0.3) is 0 Å². The van der Waals surface area contributed by atoms with Crippen molar-refractivity contribution in [3.8, 4) is 0 Å². The lowest BCUT2D eigenvalue weighted by Crippen LogP contribution is -2.45. The zero-order valence-electron chi connectivity index (χ0n) is 62.8. The molecule has 0 aromatic heterocycles. The van der Waals surface area contributed by atoms with Crippen LogP contribution in [0.3, 0.4) is 0 Å². The molecule has 0 saturated carbocycles. The van der Waals surface area contributed by atoms with Crippen molar-refractivity contribution in [1.82, 2.24) is 5.32 Å². The van der Waals surface area contributed by atoms with E-state index in [0.29, 0.717) is 25.9 Å². The lowest BCUT2D eigenvalue weighted by atomic mass is 10.0. The van der Waals surface area contributed by atoms with E-state index < -0.39 is 12.1 Å². The molecule has 0 rings (SSSR count). The van der Waals surface area contributed by atoms with Gasteiger partial charge in [-0.25, -0.2) is 0 Å². The third kappa shape index (κ3) is 77.3. The second-order valence-corrected chi connectivity index (χ2v) is 29.5. The minimum absolute atomic E-state index is 0.0229. The number of amides is 1. The van der Waals surface area contributed by atoms with Crippen molar-refractivity contribution in [2.75, 3.05) is 13.2 Å². The number of rotatable bonds is 81. The van der Waals surface area contributed by atoms with Gasteiger partial charge in [-0.15, -0.1) is 0 Å². The Kier molecular flexibility index (Phi) is 80.3. The summed E-state index contributed by atoms with van der Waals surface area (Å²) in [6, 6.07) is -0.540. The van der Waals surface area contributed by atoms with Gasteiger partial charge < -0.3 is 20.3 Å². The van der Waals surface area contributed by atoms with Crippen LogP contribution >= 0.6 is 0 Å². The van der Waals surface area contributed by atoms with Gasteiger partial charge in [0.2, 0.25) is 5.91 Å². The molecular formula is C86H167NO5. The zero-order chi connectivity index (χ0) is 66.3. The van der Waals surface area contributed by atoms with Crippen LogP contribution in [-0.2, 0) is 14.3 Å². The highest BCUT2D eigenvalue weighted by Crippen LogP contribution is 2.21. The van der Waals surface area contributed by atoms with E-state index in [4.69, 9.17) is 4.74 Å². The maximum absolute atomic E-state index is 12.6. The van der Waals surface area contributed by atoms with Crippen LogP contribution in [0.5, 0.6) is 0 Å². The van der Waals surface area contributed by atoms with Crippen LogP contribution < -0.4 is 5.32 Å². The van der Waals surface area contributed by atoms with Gasteiger partial charge in [-0.2, -0.15) is 0 Å². The van der Waals surface area contributed by atoms with Crippen molar-refractivity contribution >= 4 is 11.9 Å². The molecule has 2 unspecified atom stereocenters. The smallest absolute Gasteiger partial charge is 0.305 e. The lowest BCUT2D eigenvalue weighted by molar-refractivity contribution is -0.143. The predicted molar refractivity (Wildman–Crippen MR) is 407 cm³/mol. The van der Waals surface area contributed by atoms with Gasteiger partial charge in [0.1, 0.15) is 0 Å². The van der Waals surface area contributed by atoms with E-state index in [-0.39, 0.29) is 18.5 Å². The summed E-state index contributed by atoms with van der Waals surface area (Å²) in [4.78, 5) is 24.6. The number of aliphatic hydroxyl groups is 2. The van der Waals surface area contributed by atoms with Crippen LogP contribution in [-0.4, -0.2) is 47.4 Å². The number of esters is 1. The first kappa shape index (κ1) is 90.3. The Morgan fingerprint density at radius 1 is 0.304 bits per heavy atom. The number of allylic oxidation sites excluding steroid dienone is 4. The Balaban J connectivity index is 3.35. The van der Waals surface area contributed by atoms with Crippen molar-refractivity contribution in [3.63, 3.8) is 0 Å². The zero-order valence-corrected chi connectivity index (χ0v) is 62.8. The minimum Gasteiger partial charge on any atom is -0.466 e. The van der Waals surface area contributed by atoms with Gasteiger partial charge in [0.05, 0.1) is 25.4 Å². The molecule has 92 heavy (non-hydrogen) atoms. The number of ether oxygens (including phenoxy) is 1. The van der Waals surface area contributed by atoms with Crippen molar-refractivity contribution in [2.45, 2.75) is 501 Å². The Hall–Kier alpha value is -1.66. The minimum atomic E-state index is -0.663. The largest absolute Gasteiger partial charge is 0.466 e. The van der Waals surface area contributed by atoms with Crippen LogP contribution in [0.4, 0.5) is 0 Å². The Bertz CT molecular complexity index is 1450. The number of hydrogen-bond donors (Lipinski definition) is 3. The van der Waals surface area contributed by atoms with E-state index >= 15 is 0 Å². The summed E-state index contributed by atoms with van der Waals surface area (Å²) >= 11 is 0. The van der Waals surface area contributed by atoms with E-state index in [1.54, 1.807) is 0 Å². The maximum atomic E-state index is 12.6. The van der Waals surface area contributed by atoms with Crippen LogP contribution in [0.1, 0.15) is 489 Å². The molecule has 0 aliphatic rings. The highest BCUT2D eigenvalue weighted by atomic mass is 16.5. The van der Waals surface area contributed by atoms with Gasteiger partial charge >= 0.3 is 5.97 Å². The first-order chi connectivity index (χ1) is 45.5. The number of aliphatic hydroxyl groups excluding tert-OH is 2. The summed E-state index contributed by atoms with van der Waals surface area (Å²) in [5.41, 5.74) is 0. The average Bonchev–Trinajstić information content (AvgIpc) is 3.62. The molecule has 6 nitrogen and oxygen atoms in total. The molecule has 0 fully saturated rings. The van der Waals surface area contributed by atoms with E-state index in [1.165, 1.54) is 411 Å². The number of unbranched alkanes of at least 4 members (excludes halogenated alkanes) is 66. The summed E-state index contributed by atoms with van der Waals surface area (Å²) in [5.74, 6) is -0.00291. The molecule has 0 aliphatic carbocycles. The van der Waals surface area contributed by atoms with Crippen molar-refractivity contribution in [2.24, 2.45) is 0 Å². The first-order valence-electron chi connectivity index (χ1n) is 42.6. The highest BCUT2D eigenvalue weighted by Gasteiger charge is 2.20. The SMILES string of the molecule is CCCCCCCCCCCCCCCCCCCCCCCCCC(O)C(CO)NC(=O)CCCCCCCCCCCCCCCCCCC/C=C\C/C=C\CCCCCCCCCCCCCCCCCOC(=O)CCCCCCCCCCCCCCC. The summed E-state index contributed by atoms with van der Waals surface area (Å²) in [5, 5.41) is 23.5. The standard InChI is InChI=1S/C86H167NO5/c1-3-5-7-9-11-13-15-17-18-19-20-21-39-42-45-48-51-55-58-62-66-70-74-78-84(89)83(82-88)87-85(90)79-75-71-67-63-59-56-52-49-46-43-40-37-35-33-31-29-27-25-23-22-24-26-28-30-32-34-36-38-41-44-47-50-53-57-61-65-69-73-77-81-92-86(91)80-76-72-68-64-60-54-16-14-12-10-8-6-4-2/h22-23,26,28,83-84,88-89H,3-21,24-25,27,29-82H2,1-2H3,(H,87,90)/b23-22-,28-26-. The van der Waals surface area contributed by atoms with Crippen LogP contribution in [0, 0.1) is 0 Å². The molecule has 1 amide bonds. The molecule has 0 radical (unpaired) electrons. The van der Waals surface area contributed by atoms with Crippen molar-refractivity contribution in [3.05, 3.63) is 24.3 Å². The summed E-state index contributed by atoms with van der Waals surface area (Å²) < 4.78 is 5.50. The van der Waals surface area contributed by atoms with Crippen molar-refractivity contribution < 1.29 is 24.5 Å². The number of carbonyl (C=O) groups is 2. The quantitative estimate of drug-likeness (QED) is 0.0320. The summed E-state index contributed by atoms with van der Waals surface area (Å²) in [6.07, 6.45) is 106. The van der Waals surface area contributed by atoms with Crippen molar-refractivity contribution in [1.29, 1.82) is 0 Å². The lowest BCUT2D eigenvalue weighted by Gasteiger charge is -2.22. The van der Waals surface area contributed by atoms with Crippen LogP contribution in [0.2, 0.25) is 0 Å². The molecule has 2 atom stereocenters. The van der Waals surface area contributed by atoms with Gasteiger partial charge in [-0.1, -0.05) is 443 Å². The number of hydrogen-bond acceptors (Lipinski definition) is 5. The predicted octanol–water partition coefficient (Wildman–Crippen LogP) is 28.4. The van der Waals surface area contributed by atoms with E-state index in [9.17, 15) is 19.8 Å². The normalized spacial score (nSPS) is 12.5. The summed E-state index contributed by atoms with van der Waals surface area (Å²) in [7, 11) is 0. The van der Waals surface area contributed by atoms with E-state index in [0.717, 1.165) is 44.9 Å². The topological polar surface area (TPSA) is 95.9 Å². The molecule has 6 heteroatoms. The molecule has 0 aromatic rings. The van der Waals surface area contributed by atoms with Gasteiger partial charge in [0.15, 0.2) is 0 Å². The Morgan fingerprint density at radius 2 is 0.543 bits per heavy atom. The Labute approximate surface area is 577 Å². The monoisotopic (exact) mass is 1290 g/mol. The fourth-order valence-electron chi connectivity index (χ4n) is 13.8. The first-order valence-corrected chi connectivity index (χ1v) is 42.6. The number of carbonyl (C=O) groups excluding carboxylic acids is 2. The molecule has 0 bridgehead atoms. The molecule has 0 aromatic carbocycles.